The Morgan fingerprint density at radius 1 is 1.08 bits per heavy atom. The van der Waals surface area contributed by atoms with Crippen molar-refractivity contribution < 1.29 is 14.0 Å². The summed E-state index contributed by atoms with van der Waals surface area (Å²) >= 11 is 0. The summed E-state index contributed by atoms with van der Waals surface area (Å²) in [6.07, 6.45) is 6.97. The number of anilines is 1. The van der Waals surface area contributed by atoms with E-state index in [-0.39, 0.29) is 24.2 Å². The Labute approximate surface area is 219 Å². The number of nitrogens with zero attached hydrogens (tertiary/aromatic N) is 6. The number of pyridine rings is 1. The smallest absolute Gasteiger partial charge is 0.251 e. The van der Waals surface area contributed by atoms with Gasteiger partial charge in [-0.15, -0.1) is 10.2 Å². The molecule has 1 fully saturated rings. The molecular formula is C28H28FN7O2. The molecule has 38 heavy (non-hydrogen) atoms. The number of halogens is 1. The van der Waals surface area contributed by atoms with Crippen LogP contribution in [0.2, 0.25) is 0 Å². The number of amides is 2. The predicted molar refractivity (Wildman–Crippen MR) is 139 cm³/mol. The Morgan fingerprint density at radius 2 is 1.82 bits per heavy atom. The average molecular weight is 514 g/mol. The molecule has 1 N–H and O–H groups in total. The maximum atomic E-state index is 14.3. The van der Waals surface area contributed by atoms with Crippen molar-refractivity contribution in [3.05, 3.63) is 90.0 Å². The normalized spacial score (nSPS) is 14.3. The molecule has 0 spiro atoms. The molecule has 2 amide bonds. The molecule has 0 aliphatic heterocycles. The molecule has 1 saturated carbocycles. The topological polar surface area (TPSA) is 106 Å². The summed E-state index contributed by atoms with van der Waals surface area (Å²) in [5, 5.41) is 15.6. The van der Waals surface area contributed by atoms with Gasteiger partial charge in [0.15, 0.2) is 0 Å². The average Bonchev–Trinajstić information content (AvgIpc) is 3.60. The second-order valence-electron chi connectivity index (χ2n) is 9.43. The number of aromatic nitrogens is 5. The van der Waals surface area contributed by atoms with E-state index in [1.165, 1.54) is 27.9 Å². The zero-order valence-electron chi connectivity index (χ0n) is 21.0. The van der Waals surface area contributed by atoms with Crippen molar-refractivity contribution in [2.45, 2.75) is 51.2 Å². The quantitative estimate of drug-likeness (QED) is 0.382. The van der Waals surface area contributed by atoms with E-state index in [0.29, 0.717) is 11.4 Å². The number of rotatable bonds is 8. The van der Waals surface area contributed by atoms with Gasteiger partial charge < -0.3 is 5.32 Å². The lowest BCUT2D eigenvalue weighted by Gasteiger charge is -2.32. The van der Waals surface area contributed by atoms with Gasteiger partial charge in [0.1, 0.15) is 18.4 Å². The second-order valence-corrected chi connectivity index (χ2v) is 9.43. The number of tetrazole rings is 1. The lowest BCUT2D eigenvalue weighted by molar-refractivity contribution is -0.127. The molecule has 0 unspecified atom stereocenters. The van der Waals surface area contributed by atoms with Crippen LogP contribution in [0.4, 0.5) is 10.1 Å². The van der Waals surface area contributed by atoms with Crippen LogP contribution in [-0.2, 0) is 16.1 Å². The van der Waals surface area contributed by atoms with Gasteiger partial charge in [0.25, 0.3) is 5.91 Å². The van der Waals surface area contributed by atoms with E-state index in [1.54, 1.807) is 30.6 Å². The number of hydrogen-bond acceptors (Lipinski definition) is 6. The summed E-state index contributed by atoms with van der Waals surface area (Å²) in [6, 6.07) is 15.6. The molecule has 0 radical (unpaired) electrons. The Bertz CT molecular complexity index is 1400. The van der Waals surface area contributed by atoms with Crippen molar-refractivity contribution >= 4 is 17.5 Å². The van der Waals surface area contributed by atoms with Gasteiger partial charge in [-0.25, -0.2) is 4.39 Å². The van der Waals surface area contributed by atoms with Gasteiger partial charge in [0.05, 0.1) is 0 Å². The summed E-state index contributed by atoms with van der Waals surface area (Å²) in [7, 11) is 0. The standard InChI is InChI=1S/C28H28FN7O2/c1-19-9-11-21(12-10-19)27-32-34-35(33-27)18-25(37)36(24-8-4-5-22(29)17-24)26(20-13-15-30-16-14-20)28(38)31-23-6-2-3-7-23/h4-5,8-17,23,26H,2-3,6-7,18H2,1H3,(H,31,38)/t26-/m1/s1. The van der Waals surface area contributed by atoms with E-state index < -0.39 is 17.8 Å². The molecule has 194 valence electrons. The highest BCUT2D eigenvalue weighted by Crippen LogP contribution is 2.30. The van der Waals surface area contributed by atoms with Crippen molar-refractivity contribution in [3.63, 3.8) is 0 Å². The maximum absolute atomic E-state index is 14.3. The molecule has 1 atom stereocenters. The van der Waals surface area contributed by atoms with Crippen molar-refractivity contribution in [1.82, 2.24) is 30.5 Å². The highest BCUT2D eigenvalue weighted by Gasteiger charge is 2.35. The minimum Gasteiger partial charge on any atom is -0.351 e. The van der Waals surface area contributed by atoms with Crippen molar-refractivity contribution in [2.24, 2.45) is 0 Å². The van der Waals surface area contributed by atoms with Gasteiger partial charge in [-0.1, -0.05) is 48.7 Å². The summed E-state index contributed by atoms with van der Waals surface area (Å²) < 4.78 is 14.3. The van der Waals surface area contributed by atoms with E-state index in [9.17, 15) is 14.0 Å². The Morgan fingerprint density at radius 3 is 2.53 bits per heavy atom. The van der Waals surface area contributed by atoms with Crippen LogP contribution in [0.5, 0.6) is 0 Å². The van der Waals surface area contributed by atoms with E-state index >= 15 is 0 Å². The van der Waals surface area contributed by atoms with Crippen LogP contribution >= 0.6 is 0 Å². The van der Waals surface area contributed by atoms with Crippen LogP contribution in [-0.4, -0.2) is 43.0 Å². The van der Waals surface area contributed by atoms with Crippen LogP contribution in [0.3, 0.4) is 0 Å². The van der Waals surface area contributed by atoms with Gasteiger partial charge in [-0.3, -0.25) is 19.5 Å². The minimum atomic E-state index is -1.05. The minimum absolute atomic E-state index is 0.0327. The van der Waals surface area contributed by atoms with Gasteiger partial charge in [-0.2, -0.15) is 4.80 Å². The molecule has 2 heterocycles. The van der Waals surface area contributed by atoms with E-state index in [1.807, 2.05) is 31.2 Å². The first-order chi connectivity index (χ1) is 18.5. The third-order valence-corrected chi connectivity index (χ3v) is 6.62. The van der Waals surface area contributed by atoms with Crippen molar-refractivity contribution in [3.8, 4) is 11.4 Å². The Kier molecular flexibility index (Phi) is 7.48. The number of aryl methyl sites for hydroxylation is 1. The predicted octanol–water partition coefficient (Wildman–Crippen LogP) is 4.02. The SMILES string of the molecule is Cc1ccc(-c2nnn(CC(=O)N(c3cccc(F)c3)[C@@H](C(=O)NC3CCCC3)c3ccncc3)n2)cc1. The molecule has 4 aromatic rings. The zero-order chi connectivity index (χ0) is 26.5. The second kappa shape index (κ2) is 11.3. The fourth-order valence-corrected chi connectivity index (χ4v) is 4.70. The number of benzene rings is 2. The summed E-state index contributed by atoms with van der Waals surface area (Å²) in [6.45, 7) is 1.68. The van der Waals surface area contributed by atoms with Crippen molar-refractivity contribution in [1.29, 1.82) is 0 Å². The molecule has 2 aromatic carbocycles. The Hall–Kier alpha value is -4.47. The first-order valence-corrected chi connectivity index (χ1v) is 12.6. The molecule has 9 nitrogen and oxygen atoms in total. The van der Waals surface area contributed by atoms with Crippen LogP contribution in [0.15, 0.2) is 73.1 Å². The van der Waals surface area contributed by atoms with Crippen LogP contribution in [0.25, 0.3) is 11.4 Å². The molecule has 0 saturated heterocycles. The van der Waals surface area contributed by atoms with Gasteiger partial charge in [0.2, 0.25) is 11.7 Å². The first-order valence-electron chi connectivity index (χ1n) is 12.6. The largest absolute Gasteiger partial charge is 0.351 e. The molecule has 2 aromatic heterocycles. The van der Waals surface area contributed by atoms with E-state index in [0.717, 1.165) is 36.8 Å². The third-order valence-electron chi connectivity index (χ3n) is 6.62. The molecule has 1 aliphatic rings. The molecule has 0 bridgehead atoms. The summed E-state index contributed by atoms with van der Waals surface area (Å²) in [4.78, 5) is 34.1. The lowest BCUT2D eigenvalue weighted by atomic mass is 10.0. The third kappa shape index (κ3) is 5.74. The molecule has 5 rings (SSSR count). The van der Waals surface area contributed by atoms with Gasteiger partial charge >= 0.3 is 0 Å². The highest BCUT2D eigenvalue weighted by atomic mass is 19.1. The molecule has 1 aliphatic carbocycles. The van der Waals surface area contributed by atoms with Crippen molar-refractivity contribution in [2.75, 3.05) is 4.90 Å². The maximum Gasteiger partial charge on any atom is 0.251 e. The van der Waals surface area contributed by atoms with Gasteiger partial charge in [0, 0.05) is 29.7 Å². The first kappa shape index (κ1) is 25.2. The van der Waals surface area contributed by atoms with E-state index in [2.05, 4.69) is 25.7 Å². The summed E-state index contributed by atoms with van der Waals surface area (Å²) in [5.74, 6) is -0.982. The number of nitrogens with one attached hydrogen (secondary N) is 1. The van der Waals surface area contributed by atoms with E-state index in [4.69, 9.17) is 0 Å². The fraction of sp³-hybridized carbons (Fsp3) is 0.286. The van der Waals surface area contributed by atoms with Crippen LogP contribution < -0.4 is 10.2 Å². The molecular weight excluding hydrogens is 485 g/mol. The van der Waals surface area contributed by atoms with Crippen LogP contribution in [0.1, 0.15) is 42.9 Å². The fourth-order valence-electron chi connectivity index (χ4n) is 4.70. The monoisotopic (exact) mass is 513 g/mol. The number of hydrogen-bond donors (Lipinski definition) is 1. The number of carbonyl (C=O) groups excluding carboxylic acids is 2. The van der Waals surface area contributed by atoms with Crippen LogP contribution in [0, 0.1) is 12.7 Å². The summed E-state index contributed by atoms with van der Waals surface area (Å²) in [5.41, 5.74) is 2.67. The Balaban J connectivity index is 1.49. The lowest BCUT2D eigenvalue weighted by Crippen LogP contribution is -2.47. The zero-order valence-corrected chi connectivity index (χ0v) is 21.0. The number of carbonyl (C=O) groups is 2. The highest BCUT2D eigenvalue weighted by molar-refractivity contribution is 6.01. The van der Waals surface area contributed by atoms with Gasteiger partial charge in [-0.05, 0) is 60.9 Å². The molecule has 10 heteroatoms.